The summed E-state index contributed by atoms with van der Waals surface area (Å²) in [4.78, 5) is 41.6. The maximum absolute atomic E-state index is 13.4. The lowest BCUT2D eigenvalue weighted by molar-refractivity contribution is -0.120. The van der Waals surface area contributed by atoms with Gasteiger partial charge >= 0.3 is 0 Å². The fraction of sp³-hybridized carbons (Fsp3) is 0.364. The molecule has 1 atom stereocenters. The number of ketones is 1. The molecule has 0 saturated heterocycles. The smallest absolute Gasteiger partial charge is 0.253 e. The highest BCUT2D eigenvalue weighted by Crippen LogP contribution is 2.22. The Morgan fingerprint density at radius 1 is 0.780 bits per heavy atom. The number of methoxy groups -OCH3 is 2. The van der Waals surface area contributed by atoms with Gasteiger partial charge in [-0.15, -0.1) is 0 Å². The van der Waals surface area contributed by atoms with Gasteiger partial charge in [-0.1, -0.05) is 50.2 Å². The summed E-state index contributed by atoms with van der Waals surface area (Å²) in [6, 6.07) is 21.0. The van der Waals surface area contributed by atoms with Crippen molar-refractivity contribution in [1.82, 2.24) is 15.5 Å². The SMILES string of the molecule is CCCN(CCC)C(=O)c1cccc(C(=O)N[C@@H](Cc2ccccc2)C(=O)CNCc2cc(OC)cc(OC)c2)c1. The van der Waals surface area contributed by atoms with Gasteiger partial charge < -0.3 is 25.0 Å². The third kappa shape index (κ3) is 9.46. The van der Waals surface area contributed by atoms with Gasteiger partial charge in [0.05, 0.1) is 26.8 Å². The molecule has 0 aliphatic rings. The number of carbonyl (C=O) groups excluding carboxylic acids is 3. The lowest BCUT2D eigenvalue weighted by atomic mass is 10.0. The van der Waals surface area contributed by atoms with E-state index < -0.39 is 11.9 Å². The molecule has 0 aromatic heterocycles. The minimum atomic E-state index is -0.756. The highest BCUT2D eigenvalue weighted by atomic mass is 16.5. The van der Waals surface area contributed by atoms with Crippen molar-refractivity contribution >= 4 is 17.6 Å². The van der Waals surface area contributed by atoms with E-state index in [4.69, 9.17) is 9.47 Å². The Morgan fingerprint density at radius 2 is 1.41 bits per heavy atom. The molecule has 0 bridgehead atoms. The summed E-state index contributed by atoms with van der Waals surface area (Å²) in [7, 11) is 3.18. The predicted octanol–water partition coefficient (Wildman–Crippen LogP) is 4.67. The summed E-state index contributed by atoms with van der Waals surface area (Å²) in [6.07, 6.45) is 2.06. The lowest BCUT2D eigenvalue weighted by Gasteiger charge is -2.22. The van der Waals surface area contributed by atoms with Crippen molar-refractivity contribution in [3.8, 4) is 11.5 Å². The van der Waals surface area contributed by atoms with Gasteiger partial charge in [0.25, 0.3) is 11.8 Å². The van der Waals surface area contributed by atoms with E-state index in [1.807, 2.05) is 61.2 Å². The number of hydrogen-bond donors (Lipinski definition) is 2. The van der Waals surface area contributed by atoms with Crippen LogP contribution in [0.4, 0.5) is 0 Å². The Kier molecular flexibility index (Phi) is 12.4. The Morgan fingerprint density at radius 3 is 2.02 bits per heavy atom. The number of Topliss-reactive ketones (excluding diaryl/α,β-unsaturated/α-hetero) is 1. The van der Waals surface area contributed by atoms with Crippen LogP contribution in [0.15, 0.2) is 72.8 Å². The average Bonchev–Trinajstić information content (AvgIpc) is 3.00. The van der Waals surface area contributed by atoms with E-state index in [2.05, 4.69) is 10.6 Å². The molecule has 3 aromatic carbocycles. The van der Waals surface area contributed by atoms with Crippen molar-refractivity contribution in [2.75, 3.05) is 33.9 Å². The average molecular weight is 560 g/mol. The third-order valence-electron chi connectivity index (χ3n) is 6.66. The van der Waals surface area contributed by atoms with Crippen molar-refractivity contribution < 1.29 is 23.9 Å². The van der Waals surface area contributed by atoms with Gasteiger partial charge in [-0.25, -0.2) is 0 Å². The molecular weight excluding hydrogens is 518 g/mol. The minimum Gasteiger partial charge on any atom is -0.497 e. The Labute approximate surface area is 243 Å². The number of nitrogens with one attached hydrogen (secondary N) is 2. The highest BCUT2D eigenvalue weighted by molar-refractivity contribution is 6.01. The summed E-state index contributed by atoms with van der Waals surface area (Å²) in [5, 5.41) is 6.10. The van der Waals surface area contributed by atoms with E-state index in [1.165, 1.54) is 0 Å². The van der Waals surface area contributed by atoms with Gasteiger partial charge in [0.15, 0.2) is 5.78 Å². The standard InChI is InChI=1S/C33H41N3O5/c1-5-15-36(16-6-2)33(39)27-14-10-13-26(20-27)32(38)35-30(19-24-11-8-7-9-12-24)31(37)23-34-22-25-17-28(40-3)21-29(18-25)41-4/h7-14,17-18,20-21,30,34H,5-6,15-16,19,22-23H2,1-4H3,(H,35,38)/t30-/m0/s1. The summed E-state index contributed by atoms with van der Waals surface area (Å²) in [6.45, 7) is 5.86. The molecule has 218 valence electrons. The summed E-state index contributed by atoms with van der Waals surface area (Å²) in [5.74, 6) is 0.675. The van der Waals surface area contributed by atoms with Crippen LogP contribution in [0, 0.1) is 0 Å². The third-order valence-corrected chi connectivity index (χ3v) is 6.66. The van der Waals surface area contributed by atoms with Crippen LogP contribution >= 0.6 is 0 Å². The zero-order chi connectivity index (χ0) is 29.6. The minimum absolute atomic E-state index is 0.0544. The highest BCUT2D eigenvalue weighted by Gasteiger charge is 2.23. The molecule has 0 fully saturated rings. The van der Waals surface area contributed by atoms with Crippen LogP contribution in [-0.4, -0.2) is 62.4 Å². The number of ether oxygens (including phenoxy) is 2. The molecular formula is C33H41N3O5. The molecule has 41 heavy (non-hydrogen) atoms. The molecule has 0 radical (unpaired) electrons. The number of rotatable bonds is 16. The van der Waals surface area contributed by atoms with Crippen LogP contribution in [0.25, 0.3) is 0 Å². The van der Waals surface area contributed by atoms with Crippen molar-refractivity contribution in [3.05, 3.63) is 95.1 Å². The molecule has 0 aliphatic carbocycles. The molecule has 8 heteroatoms. The second-order valence-corrected chi connectivity index (χ2v) is 9.88. The molecule has 3 aromatic rings. The first-order valence-electron chi connectivity index (χ1n) is 14.1. The quantitative estimate of drug-likeness (QED) is 0.265. The predicted molar refractivity (Wildman–Crippen MR) is 161 cm³/mol. The molecule has 0 aliphatic heterocycles. The number of amides is 2. The van der Waals surface area contributed by atoms with Crippen LogP contribution < -0.4 is 20.1 Å². The Hall–Kier alpha value is -4.17. The van der Waals surface area contributed by atoms with Crippen molar-refractivity contribution in [3.63, 3.8) is 0 Å². The second kappa shape index (κ2) is 16.2. The molecule has 0 spiro atoms. The first kappa shape index (κ1) is 31.4. The van der Waals surface area contributed by atoms with Crippen LogP contribution in [0.2, 0.25) is 0 Å². The van der Waals surface area contributed by atoms with Gasteiger partial charge in [0.1, 0.15) is 11.5 Å². The number of hydrogen-bond acceptors (Lipinski definition) is 6. The molecule has 3 rings (SSSR count). The van der Waals surface area contributed by atoms with Crippen LogP contribution in [0.3, 0.4) is 0 Å². The monoisotopic (exact) mass is 559 g/mol. The maximum atomic E-state index is 13.4. The van der Waals surface area contributed by atoms with Gasteiger partial charge in [-0.2, -0.15) is 0 Å². The zero-order valence-electron chi connectivity index (χ0n) is 24.4. The topological polar surface area (TPSA) is 97.0 Å². The fourth-order valence-electron chi connectivity index (χ4n) is 4.59. The van der Waals surface area contributed by atoms with E-state index in [0.717, 1.165) is 24.0 Å². The molecule has 8 nitrogen and oxygen atoms in total. The van der Waals surface area contributed by atoms with Gasteiger partial charge in [-0.3, -0.25) is 14.4 Å². The first-order valence-corrected chi connectivity index (χ1v) is 14.1. The lowest BCUT2D eigenvalue weighted by Crippen LogP contribution is -2.45. The van der Waals surface area contributed by atoms with E-state index in [-0.39, 0.29) is 18.2 Å². The first-order chi connectivity index (χ1) is 19.9. The number of benzene rings is 3. The fourth-order valence-corrected chi connectivity index (χ4v) is 4.59. The van der Waals surface area contributed by atoms with E-state index in [9.17, 15) is 14.4 Å². The summed E-state index contributed by atoms with van der Waals surface area (Å²) < 4.78 is 10.7. The van der Waals surface area contributed by atoms with Crippen LogP contribution in [-0.2, 0) is 17.8 Å². The largest absolute Gasteiger partial charge is 0.497 e. The normalized spacial score (nSPS) is 11.4. The van der Waals surface area contributed by atoms with Crippen molar-refractivity contribution in [2.24, 2.45) is 0 Å². The molecule has 0 unspecified atom stereocenters. The Balaban J connectivity index is 1.73. The van der Waals surface area contributed by atoms with E-state index in [0.29, 0.717) is 48.7 Å². The van der Waals surface area contributed by atoms with Gasteiger partial charge in [0, 0.05) is 36.8 Å². The zero-order valence-corrected chi connectivity index (χ0v) is 24.4. The van der Waals surface area contributed by atoms with Crippen molar-refractivity contribution in [2.45, 2.75) is 45.7 Å². The van der Waals surface area contributed by atoms with Crippen molar-refractivity contribution in [1.29, 1.82) is 0 Å². The van der Waals surface area contributed by atoms with Crippen LogP contribution in [0.5, 0.6) is 11.5 Å². The van der Waals surface area contributed by atoms with E-state index >= 15 is 0 Å². The number of carbonyl (C=O) groups is 3. The van der Waals surface area contributed by atoms with Gasteiger partial charge in [-0.05, 0) is 60.7 Å². The van der Waals surface area contributed by atoms with Crippen LogP contribution in [0.1, 0.15) is 58.5 Å². The molecule has 2 amide bonds. The van der Waals surface area contributed by atoms with E-state index in [1.54, 1.807) is 44.6 Å². The second-order valence-electron chi connectivity index (χ2n) is 9.88. The maximum Gasteiger partial charge on any atom is 0.253 e. The number of nitrogens with zero attached hydrogens (tertiary/aromatic N) is 1. The summed E-state index contributed by atoms with van der Waals surface area (Å²) >= 11 is 0. The molecule has 0 saturated carbocycles. The molecule has 0 heterocycles. The summed E-state index contributed by atoms with van der Waals surface area (Å²) in [5.41, 5.74) is 2.63. The Bertz CT molecular complexity index is 1270. The molecule has 2 N–H and O–H groups in total. The van der Waals surface area contributed by atoms with Gasteiger partial charge in [0.2, 0.25) is 0 Å².